The smallest absolute Gasteiger partial charge is 0.165 e. The van der Waals surface area contributed by atoms with Crippen molar-refractivity contribution in [2.45, 2.75) is 6.42 Å². The van der Waals surface area contributed by atoms with E-state index in [0.717, 1.165) is 6.07 Å². The van der Waals surface area contributed by atoms with E-state index in [4.69, 9.17) is 16.7 Å². The summed E-state index contributed by atoms with van der Waals surface area (Å²) in [7, 11) is 0. The molecule has 0 fully saturated rings. The van der Waals surface area contributed by atoms with Gasteiger partial charge >= 0.3 is 0 Å². The first-order chi connectivity index (χ1) is 6.15. The van der Waals surface area contributed by atoms with Crippen LogP contribution in [-0.4, -0.2) is 17.5 Å². The molecule has 0 atom stereocenters. The highest BCUT2D eigenvalue weighted by Crippen LogP contribution is 2.16. The summed E-state index contributed by atoms with van der Waals surface area (Å²) in [6.07, 6.45) is 0.0297. The van der Waals surface area contributed by atoms with Gasteiger partial charge in [-0.2, -0.15) is 0 Å². The fraction of sp³-hybridized carbons (Fsp3) is 0.222. The van der Waals surface area contributed by atoms with Gasteiger partial charge in [-0.05, 0) is 18.2 Å². The maximum atomic E-state index is 12.7. The zero-order valence-electron chi connectivity index (χ0n) is 6.76. The third-order valence-corrected chi connectivity index (χ3v) is 1.87. The molecule has 0 aliphatic heterocycles. The van der Waals surface area contributed by atoms with Crippen molar-refractivity contribution in [3.05, 3.63) is 34.6 Å². The molecule has 1 rings (SSSR count). The van der Waals surface area contributed by atoms with Gasteiger partial charge in [-0.1, -0.05) is 11.6 Å². The first-order valence-corrected chi connectivity index (χ1v) is 4.12. The number of carbonyl (C=O) groups is 1. The molecule has 0 bridgehead atoms. The van der Waals surface area contributed by atoms with E-state index in [2.05, 4.69) is 0 Å². The van der Waals surface area contributed by atoms with Crippen molar-refractivity contribution in [2.24, 2.45) is 0 Å². The largest absolute Gasteiger partial charge is 0.396 e. The predicted octanol–water partition coefficient (Wildman–Crippen LogP) is 2.04. The van der Waals surface area contributed by atoms with Gasteiger partial charge in [-0.15, -0.1) is 0 Å². The van der Waals surface area contributed by atoms with E-state index in [0.29, 0.717) is 5.56 Å². The zero-order valence-corrected chi connectivity index (χ0v) is 7.51. The van der Waals surface area contributed by atoms with E-state index in [-0.39, 0.29) is 23.8 Å². The number of benzene rings is 1. The lowest BCUT2D eigenvalue weighted by Gasteiger charge is -1.99. The predicted molar refractivity (Wildman–Crippen MR) is 47.4 cm³/mol. The zero-order chi connectivity index (χ0) is 9.84. The standard InChI is InChI=1S/C9H8ClFO2/c10-7-5-6(1-2-8(7)11)9(13)3-4-12/h1-2,5,12H,3-4H2. The van der Waals surface area contributed by atoms with Crippen LogP contribution in [0.15, 0.2) is 18.2 Å². The van der Waals surface area contributed by atoms with Crippen molar-refractivity contribution >= 4 is 17.4 Å². The molecule has 4 heteroatoms. The molecule has 13 heavy (non-hydrogen) atoms. The summed E-state index contributed by atoms with van der Waals surface area (Å²) < 4.78 is 12.7. The molecule has 70 valence electrons. The number of aliphatic hydroxyl groups is 1. The second-order valence-electron chi connectivity index (χ2n) is 2.53. The molecule has 0 radical (unpaired) electrons. The van der Waals surface area contributed by atoms with Crippen LogP contribution in [0.25, 0.3) is 0 Å². The average molecular weight is 203 g/mol. The minimum absolute atomic E-state index is 0.0297. The third kappa shape index (κ3) is 2.50. The number of aliphatic hydroxyl groups excluding tert-OH is 1. The Bertz CT molecular complexity index is 325. The van der Waals surface area contributed by atoms with Crippen molar-refractivity contribution in [1.29, 1.82) is 0 Å². The molecular formula is C9H8ClFO2. The van der Waals surface area contributed by atoms with Crippen molar-refractivity contribution in [3.8, 4) is 0 Å². The monoisotopic (exact) mass is 202 g/mol. The Morgan fingerprint density at radius 1 is 1.54 bits per heavy atom. The Balaban J connectivity index is 2.90. The lowest BCUT2D eigenvalue weighted by molar-refractivity contribution is 0.0956. The maximum absolute atomic E-state index is 12.7. The molecule has 1 aromatic carbocycles. The van der Waals surface area contributed by atoms with Crippen LogP contribution in [0.1, 0.15) is 16.8 Å². The van der Waals surface area contributed by atoms with Gasteiger partial charge in [0.25, 0.3) is 0 Å². The van der Waals surface area contributed by atoms with Gasteiger partial charge in [0, 0.05) is 12.0 Å². The minimum Gasteiger partial charge on any atom is -0.396 e. The molecule has 0 amide bonds. The molecule has 0 aromatic heterocycles. The number of hydrogen-bond acceptors (Lipinski definition) is 2. The van der Waals surface area contributed by atoms with Gasteiger partial charge in [0.1, 0.15) is 5.82 Å². The van der Waals surface area contributed by atoms with Crippen LogP contribution in [0.3, 0.4) is 0 Å². The van der Waals surface area contributed by atoms with Crippen molar-refractivity contribution in [3.63, 3.8) is 0 Å². The van der Waals surface area contributed by atoms with E-state index in [1.165, 1.54) is 12.1 Å². The highest BCUT2D eigenvalue weighted by atomic mass is 35.5. The second-order valence-corrected chi connectivity index (χ2v) is 2.93. The fourth-order valence-electron chi connectivity index (χ4n) is 0.915. The van der Waals surface area contributed by atoms with Crippen molar-refractivity contribution in [1.82, 2.24) is 0 Å². The third-order valence-electron chi connectivity index (χ3n) is 1.58. The van der Waals surface area contributed by atoms with Crippen LogP contribution in [0.4, 0.5) is 4.39 Å². The number of Topliss-reactive ketones (excluding diaryl/α,β-unsaturated/α-hetero) is 1. The maximum Gasteiger partial charge on any atom is 0.165 e. The lowest BCUT2D eigenvalue weighted by atomic mass is 10.1. The molecule has 1 aromatic rings. The van der Waals surface area contributed by atoms with Crippen molar-refractivity contribution < 1.29 is 14.3 Å². The molecule has 0 aliphatic rings. The van der Waals surface area contributed by atoms with Crippen LogP contribution < -0.4 is 0 Å². The summed E-state index contributed by atoms with van der Waals surface area (Å²) >= 11 is 5.47. The Hall–Kier alpha value is -0.930. The molecule has 0 aliphatic carbocycles. The van der Waals surface area contributed by atoms with Crippen LogP contribution in [0.2, 0.25) is 5.02 Å². The highest BCUT2D eigenvalue weighted by Gasteiger charge is 2.07. The van der Waals surface area contributed by atoms with E-state index in [9.17, 15) is 9.18 Å². The SMILES string of the molecule is O=C(CCO)c1ccc(F)c(Cl)c1. The fourth-order valence-corrected chi connectivity index (χ4v) is 1.10. The Morgan fingerprint density at radius 2 is 2.23 bits per heavy atom. The lowest BCUT2D eigenvalue weighted by Crippen LogP contribution is -2.01. The van der Waals surface area contributed by atoms with Crippen LogP contribution >= 0.6 is 11.6 Å². The van der Waals surface area contributed by atoms with Gasteiger partial charge < -0.3 is 5.11 Å². The van der Waals surface area contributed by atoms with Gasteiger partial charge in [0.05, 0.1) is 11.6 Å². The number of rotatable bonds is 3. The van der Waals surface area contributed by atoms with E-state index < -0.39 is 5.82 Å². The van der Waals surface area contributed by atoms with Crippen molar-refractivity contribution in [2.75, 3.05) is 6.61 Å². The number of halogens is 2. The summed E-state index contributed by atoms with van der Waals surface area (Å²) in [4.78, 5) is 11.2. The molecule has 0 unspecified atom stereocenters. The summed E-state index contributed by atoms with van der Waals surface area (Å²) in [5.41, 5.74) is 0.320. The van der Waals surface area contributed by atoms with Gasteiger partial charge in [-0.3, -0.25) is 4.79 Å². The normalized spacial score (nSPS) is 10.1. The number of carbonyl (C=O) groups excluding carboxylic acids is 1. The van der Waals surface area contributed by atoms with E-state index in [1.807, 2.05) is 0 Å². The molecule has 0 saturated carbocycles. The molecule has 0 spiro atoms. The molecule has 0 saturated heterocycles. The summed E-state index contributed by atoms with van der Waals surface area (Å²) in [6.45, 7) is -0.214. The van der Waals surface area contributed by atoms with Gasteiger partial charge in [0.2, 0.25) is 0 Å². The summed E-state index contributed by atoms with van der Waals surface area (Å²) in [5, 5.41) is 8.41. The molecule has 0 heterocycles. The van der Waals surface area contributed by atoms with Gasteiger partial charge in [-0.25, -0.2) is 4.39 Å². The number of hydrogen-bond donors (Lipinski definition) is 1. The number of ketones is 1. The Morgan fingerprint density at radius 3 is 2.77 bits per heavy atom. The van der Waals surface area contributed by atoms with Gasteiger partial charge in [0.15, 0.2) is 5.78 Å². The average Bonchev–Trinajstić information content (AvgIpc) is 2.10. The first kappa shape index (κ1) is 10.2. The first-order valence-electron chi connectivity index (χ1n) is 3.74. The van der Waals surface area contributed by atoms with Crippen LogP contribution in [0.5, 0.6) is 0 Å². The van der Waals surface area contributed by atoms with E-state index >= 15 is 0 Å². The topological polar surface area (TPSA) is 37.3 Å². The van der Waals surface area contributed by atoms with E-state index in [1.54, 1.807) is 0 Å². The summed E-state index contributed by atoms with van der Waals surface area (Å²) in [6, 6.07) is 3.74. The Labute approximate surface area is 80.0 Å². The highest BCUT2D eigenvalue weighted by molar-refractivity contribution is 6.31. The molecule has 1 N–H and O–H groups in total. The quantitative estimate of drug-likeness (QED) is 0.762. The Kier molecular flexibility index (Phi) is 3.39. The molecule has 2 nitrogen and oxygen atoms in total. The second kappa shape index (κ2) is 4.35. The van der Waals surface area contributed by atoms with Crippen LogP contribution in [0, 0.1) is 5.82 Å². The minimum atomic E-state index is -0.554. The van der Waals surface area contributed by atoms with Crippen LogP contribution in [-0.2, 0) is 0 Å². The molecular weight excluding hydrogens is 195 g/mol. The summed E-state index contributed by atoms with van der Waals surface area (Å²) in [5.74, 6) is -0.799.